The van der Waals surface area contributed by atoms with Crippen LogP contribution in [0.1, 0.15) is 32.9 Å². The van der Waals surface area contributed by atoms with Gasteiger partial charge in [0.25, 0.3) is 5.91 Å². The maximum atomic E-state index is 13.2. The molecular formula is C29H29N5O3S. The molecule has 0 fully saturated rings. The van der Waals surface area contributed by atoms with Gasteiger partial charge in [0, 0.05) is 17.8 Å². The summed E-state index contributed by atoms with van der Waals surface area (Å²) in [6.07, 6.45) is 0.863. The van der Waals surface area contributed by atoms with E-state index in [2.05, 4.69) is 33.7 Å². The molecule has 0 saturated heterocycles. The molecule has 0 saturated carbocycles. The van der Waals surface area contributed by atoms with Gasteiger partial charge in [0.1, 0.15) is 5.75 Å². The van der Waals surface area contributed by atoms with Crippen molar-refractivity contribution in [2.24, 2.45) is 0 Å². The van der Waals surface area contributed by atoms with E-state index in [-0.39, 0.29) is 24.1 Å². The van der Waals surface area contributed by atoms with Crippen LogP contribution in [0.15, 0.2) is 71.9 Å². The second-order valence-corrected chi connectivity index (χ2v) is 10.1. The van der Waals surface area contributed by atoms with Crippen molar-refractivity contribution >= 4 is 29.3 Å². The number of aromatic nitrogens is 3. The van der Waals surface area contributed by atoms with E-state index in [0.29, 0.717) is 28.8 Å². The number of thioether (sulfide) groups is 1. The van der Waals surface area contributed by atoms with Gasteiger partial charge in [0.15, 0.2) is 11.0 Å². The second kappa shape index (κ2) is 11.1. The Kier molecular flexibility index (Phi) is 7.46. The minimum atomic E-state index is -0.239. The Morgan fingerprint density at radius 3 is 2.68 bits per heavy atom. The van der Waals surface area contributed by atoms with Gasteiger partial charge in [0.2, 0.25) is 5.91 Å². The number of fused-ring (bicyclic) bond motifs is 1. The summed E-state index contributed by atoms with van der Waals surface area (Å²) < 4.78 is 7.17. The Morgan fingerprint density at radius 2 is 1.84 bits per heavy atom. The number of carbonyl (C=O) groups is 2. The molecule has 9 heteroatoms. The fourth-order valence-electron chi connectivity index (χ4n) is 4.54. The highest BCUT2D eigenvalue weighted by molar-refractivity contribution is 7.99. The lowest BCUT2D eigenvalue weighted by Gasteiger charge is -2.17. The van der Waals surface area contributed by atoms with Crippen LogP contribution in [0.2, 0.25) is 0 Å². The molecule has 1 aliphatic heterocycles. The number of amides is 2. The Bertz CT molecular complexity index is 1500. The Hall–Kier alpha value is -4.11. The topological polar surface area (TPSA) is 89.3 Å². The molecule has 5 rings (SSSR count). The lowest BCUT2D eigenvalue weighted by Crippen LogP contribution is -2.30. The third-order valence-corrected chi connectivity index (χ3v) is 7.47. The number of anilines is 1. The highest BCUT2D eigenvalue weighted by Crippen LogP contribution is 2.30. The standard InChI is InChI=1S/C29H29N5O3S/c1-19-11-12-20(2)25(15-19)34-26(17-30-28(36)22-8-6-9-23(16-22)37-3)31-32-29(34)38-18-27(35)33-14-13-21-7-4-5-10-24(21)33/h4-12,15-16H,13-14,17-18H2,1-3H3,(H,30,36). The average molecular weight is 528 g/mol. The van der Waals surface area contributed by atoms with E-state index in [1.54, 1.807) is 31.4 Å². The normalized spacial score (nSPS) is 12.3. The lowest BCUT2D eigenvalue weighted by molar-refractivity contribution is -0.116. The van der Waals surface area contributed by atoms with E-state index in [9.17, 15) is 9.59 Å². The highest BCUT2D eigenvalue weighted by Gasteiger charge is 2.25. The van der Waals surface area contributed by atoms with Gasteiger partial charge in [-0.15, -0.1) is 10.2 Å². The van der Waals surface area contributed by atoms with Crippen LogP contribution in [0, 0.1) is 13.8 Å². The van der Waals surface area contributed by atoms with Gasteiger partial charge in [-0.25, -0.2) is 0 Å². The van der Waals surface area contributed by atoms with Crippen molar-refractivity contribution in [3.8, 4) is 11.4 Å². The molecule has 2 amide bonds. The summed E-state index contributed by atoms with van der Waals surface area (Å²) in [7, 11) is 1.57. The summed E-state index contributed by atoms with van der Waals surface area (Å²) in [5.41, 5.74) is 5.72. The van der Waals surface area contributed by atoms with E-state index in [4.69, 9.17) is 4.74 Å². The minimum Gasteiger partial charge on any atom is -0.497 e. The van der Waals surface area contributed by atoms with Gasteiger partial charge < -0.3 is 15.0 Å². The van der Waals surface area contributed by atoms with Gasteiger partial charge in [-0.05, 0) is 67.3 Å². The number of hydrogen-bond donors (Lipinski definition) is 1. The van der Waals surface area contributed by atoms with Gasteiger partial charge in [-0.1, -0.05) is 48.2 Å². The van der Waals surface area contributed by atoms with Crippen molar-refractivity contribution in [1.29, 1.82) is 0 Å². The monoisotopic (exact) mass is 527 g/mol. The predicted molar refractivity (Wildman–Crippen MR) is 148 cm³/mol. The number of ether oxygens (including phenoxy) is 1. The van der Waals surface area contributed by atoms with Crippen LogP contribution >= 0.6 is 11.8 Å². The zero-order valence-electron chi connectivity index (χ0n) is 21.6. The molecule has 3 aromatic carbocycles. The fraction of sp³-hybridized carbons (Fsp3) is 0.241. The van der Waals surface area contributed by atoms with E-state index >= 15 is 0 Å². The van der Waals surface area contributed by atoms with Crippen LogP contribution in [0.3, 0.4) is 0 Å². The molecule has 8 nitrogen and oxygen atoms in total. The van der Waals surface area contributed by atoms with Crippen LogP contribution in [-0.4, -0.2) is 46.0 Å². The average Bonchev–Trinajstić information content (AvgIpc) is 3.56. The maximum Gasteiger partial charge on any atom is 0.251 e. The number of hydrogen-bond acceptors (Lipinski definition) is 6. The molecule has 0 bridgehead atoms. The van der Waals surface area contributed by atoms with Gasteiger partial charge in [-0.3, -0.25) is 14.2 Å². The van der Waals surface area contributed by atoms with E-state index in [0.717, 1.165) is 28.9 Å². The zero-order valence-corrected chi connectivity index (χ0v) is 22.4. The molecular weight excluding hydrogens is 498 g/mol. The van der Waals surface area contributed by atoms with Crippen molar-refractivity contribution < 1.29 is 14.3 Å². The molecule has 4 aromatic rings. The molecule has 38 heavy (non-hydrogen) atoms. The van der Waals surface area contributed by atoms with E-state index in [1.165, 1.54) is 17.3 Å². The third kappa shape index (κ3) is 5.28. The largest absolute Gasteiger partial charge is 0.497 e. The Labute approximate surface area is 226 Å². The number of nitrogens with one attached hydrogen (secondary N) is 1. The molecule has 0 atom stereocenters. The first kappa shape index (κ1) is 25.5. The van der Waals surface area contributed by atoms with Gasteiger partial charge in [0.05, 0.1) is 25.1 Å². The first-order valence-electron chi connectivity index (χ1n) is 12.4. The predicted octanol–water partition coefficient (Wildman–Crippen LogP) is 4.50. The molecule has 0 aliphatic carbocycles. The molecule has 0 radical (unpaired) electrons. The smallest absolute Gasteiger partial charge is 0.251 e. The summed E-state index contributed by atoms with van der Waals surface area (Å²) >= 11 is 1.35. The summed E-state index contributed by atoms with van der Waals surface area (Å²) in [4.78, 5) is 27.9. The Morgan fingerprint density at radius 1 is 1.00 bits per heavy atom. The number of para-hydroxylation sites is 1. The van der Waals surface area contributed by atoms with Crippen LogP contribution in [-0.2, 0) is 17.8 Å². The number of rotatable bonds is 8. The van der Waals surface area contributed by atoms with Gasteiger partial charge in [-0.2, -0.15) is 0 Å². The van der Waals surface area contributed by atoms with Crippen molar-refractivity contribution in [1.82, 2.24) is 20.1 Å². The molecule has 1 aliphatic rings. The minimum absolute atomic E-state index is 0.0309. The molecule has 194 valence electrons. The number of methoxy groups -OCH3 is 1. The van der Waals surface area contributed by atoms with E-state index < -0.39 is 0 Å². The van der Waals surface area contributed by atoms with Crippen molar-refractivity contribution in [2.75, 3.05) is 24.3 Å². The molecule has 0 spiro atoms. The number of carbonyl (C=O) groups excluding carboxylic acids is 2. The molecule has 1 aromatic heterocycles. The first-order chi connectivity index (χ1) is 18.4. The van der Waals surface area contributed by atoms with Gasteiger partial charge >= 0.3 is 0 Å². The summed E-state index contributed by atoms with van der Waals surface area (Å²) in [6, 6.07) is 21.2. The third-order valence-electron chi connectivity index (χ3n) is 6.56. The van der Waals surface area contributed by atoms with Crippen molar-refractivity contribution in [3.05, 3.63) is 94.8 Å². The molecule has 0 unspecified atom stereocenters. The van der Waals surface area contributed by atoms with Crippen LogP contribution < -0.4 is 15.0 Å². The number of aryl methyl sites for hydroxylation is 2. The van der Waals surface area contributed by atoms with Crippen LogP contribution in [0.4, 0.5) is 5.69 Å². The second-order valence-electron chi connectivity index (χ2n) is 9.15. The lowest BCUT2D eigenvalue weighted by atomic mass is 10.1. The SMILES string of the molecule is COc1cccc(C(=O)NCc2nnc(SCC(=O)N3CCc4ccccc43)n2-c2cc(C)ccc2C)c1. The number of benzene rings is 3. The fourth-order valence-corrected chi connectivity index (χ4v) is 5.38. The molecule has 1 N–H and O–H groups in total. The first-order valence-corrected chi connectivity index (χ1v) is 13.4. The van der Waals surface area contributed by atoms with Crippen molar-refractivity contribution in [2.45, 2.75) is 32.0 Å². The van der Waals surface area contributed by atoms with Crippen LogP contribution in [0.5, 0.6) is 5.75 Å². The Balaban J connectivity index is 1.37. The highest BCUT2D eigenvalue weighted by atomic mass is 32.2. The number of nitrogens with zero attached hydrogens (tertiary/aromatic N) is 4. The summed E-state index contributed by atoms with van der Waals surface area (Å²) in [5.74, 6) is 1.21. The van der Waals surface area contributed by atoms with Crippen LogP contribution in [0.25, 0.3) is 5.69 Å². The molecule has 2 heterocycles. The van der Waals surface area contributed by atoms with Crippen molar-refractivity contribution in [3.63, 3.8) is 0 Å². The summed E-state index contributed by atoms with van der Waals surface area (Å²) in [5, 5.41) is 12.4. The maximum absolute atomic E-state index is 13.2. The van der Waals surface area contributed by atoms with E-state index in [1.807, 2.05) is 47.6 Å². The zero-order chi connectivity index (χ0) is 26.6. The summed E-state index contributed by atoms with van der Waals surface area (Å²) in [6.45, 7) is 4.90. The quantitative estimate of drug-likeness (QED) is 0.339.